The first-order valence-electron chi connectivity index (χ1n) is 11.4. The van der Waals surface area contributed by atoms with Crippen LogP contribution in [0.1, 0.15) is 43.6 Å². The molecule has 0 aliphatic carbocycles. The van der Waals surface area contributed by atoms with E-state index >= 15 is 0 Å². The summed E-state index contributed by atoms with van der Waals surface area (Å²) < 4.78 is 0. The first-order chi connectivity index (χ1) is 16.5. The van der Waals surface area contributed by atoms with E-state index in [1.54, 1.807) is 31.2 Å². The minimum absolute atomic E-state index is 0.0231. The van der Waals surface area contributed by atoms with Crippen molar-refractivity contribution < 1.29 is 14.4 Å². The molecule has 1 heterocycles. The summed E-state index contributed by atoms with van der Waals surface area (Å²) in [6.07, 6.45) is 0. The SMILES string of the molecule is C[C@H](C(=O)NC(C)(C)C)N(Cc1c(Cl)cccc1Cl)C(=O)CN1C(=O)c2cccc3cccc1c23. The summed E-state index contributed by atoms with van der Waals surface area (Å²) in [4.78, 5) is 42.9. The van der Waals surface area contributed by atoms with Gasteiger partial charge in [0.2, 0.25) is 11.8 Å². The number of rotatable bonds is 6. The highest BCUT2D eigenvalue weighted by molar-refractivity contribution is 6.36. The second-order valence-corrected chi connectivity index (χ2v) is 10.5. The summed E-state index contributed by atoms with van der Waals surface area (Å²) in [6, 6.07) is 15.4. The molecule has 0 bridgehead atoms. The molecule has 35 heavy (non-hydrogen) atoms. The van der Waals surface area contributed by atoms with Gasteiger partial charge >= 0.3 is 0 Å². The summed E-state index contributed by atoms with van der Waals surface area (Å²) in [5, 5.41) is 5.47. The molecule has 0 saturated carbocycles. The molecule has 8 heteroatoms. The van der Waals surface area contributed by atoms with E-state index in [1.165, 1.54) is 9.80 Å². The van der Waals surface area contributed by atoms with E-state index in [9.17, 15) is 14.4 Å². The van der Waals surface area contributed by atoms with Crippen LogP contribution in [0.25, 0.3) is 10.8 Å². The molecule has 0 aromatic heterocycles. The van der Waals surface area contributed by atoms with Crippen LogP contribution in [-0.2, 0) is 16.1 Å². The van der Waals surface area contributed by atoms with Crippen molar-refractivity contribution in [1.29, 1.82) is 0 Å². The van der Waals surface area contributed by atoms with Crippen LogP contribution in [0.3, 0.4) is 0 Å². The van der Waals surface area contributed by atoms with Crippen molar-refractivity contribution in [3.8, 4) is 0 Å². The third kappa shape index (κ3) is 5.00. The first-order valence-corrected chi connectivity index (χ1v) is 12.1. The van der Waals surface area contributed by atoms with Crippen molar-refractivity contribution in [3.05, 3.63) is 75.8 Å². The number of amides is 3. The van der Waals surface area contributed by atoms with Gasteiger partial charge in [0.05, 0.1) is 5.69 Å². The number of hydrogen-bond acceptors (Lipinski definition) is 3. The van der Waals surface area contributed by atoms with E-state index in [4.69, 9.17) is 23.2 Å². The zero-order valence-electron chi connectivity index (χ0n) is 20.1. The molecular formula is C27H27Cl2N3O3. The topological polar surface area (TPSA) is 69.7 Å². The number of nitrogens with zero attached hydrogens (tertiary/aromatic N) is 2. The molecule has 1 N–H and O–H groups in total. The predicted molar refractivity (Wildman–Crippen MR) is 140 cm³/mol. The molecule has 0 fully saturated rings. The Morgan fingerprint density at radius 1 is 1.00 bits per heavy atom. The van der Waals surface area contributed by atoms with E-state index in [0.717, 1.165) is 10.8 Å². The zero-order valence-corrected chi connectivity index (χ0v) is 21.6. The summed E-state index contributed by atoms with van der Waals surface area (Å²) >= 11 is 12.8. The standard InChI is InChI=1S/C27H27Cl2N3O3/c1-16(25(34)30-27(2,3)4)31(14-19-20(28)11-7-12-21(19)29)23(33)15-32-22-13-6-9-17-8-5-10-18(24(17)22)26(32)35/h5-13,16H,14-15H2,1-4H3,(H,30,34)/t16-/m1/s1. The molecule has 3 aromatic rings. The summed E-state index contributed by atoms with van der Waals surface area (Å²) in [6.45, 7) is 7.07. The van der Waals surface area contributed by atoms with Gasteiger partial charge in [0.25, 0.3) is 5.91 Å². The van der Waals surface area contributed by atoms with Gasteiger partial charge in [-0.25, -0.2) is 0 Å². The molecule has 4 rings (SSSR count). The third-order valence-corrected chi connectivity index (χ3v) is 6.71. The van der Waals surface area contributed by atoms with Gasteiger partial charge in [0.15, 0.2) is 0 Å². The second kappa shape index (κ2) is 9.51. The maximum absolute atomic E-state index is 13.7. The van der Waals surface area contributed by atoms with Crippen molar-refractivity contribution in [2.45, 2.75) is 45.8 Å². The fourth-order valence-corrected chi connectivity index (χ4v) is 4.79. The lowest BCUT2D eigenvalue weighted by Crippen LogP contribution is -2.54. The van der Waals surface area contributed by atoms with Gasteiger partial charge < -0.3 is 10.2 Å². The van der Waals surface area contributed by atoms with Gasteiger partial charge in [-0.1, -0.05) is 53.5 Å². The Morgan fingerprint density at radius 3 is 2.23 bits per heavy atom. The second-order valence-electron chi connectivity index (χ2n) is 9.71. The maximum atomic E-state index is 13.7. The van der Waals surface area contributed by atoms with Crippen LogP contribution in [0.5, 0.6) is 0 Å². The Balaban J connectivity index is 1.67. The molecule has 0 unspecified atom stereocenters. The molecule has 1 aliphatic heterocycles. The Kier molecular flexibility index (Phi) is 6.80. The Morgan fingerprint density at radius 2 is 1.60 bits per heavy atom. The number of anilines is 1. The number of carbonyl (C=O) groups excluding carboxylic acids is 3. The van der Waals surface area contributed by atoms with Gasteiger partial charge in [-0.05, 0) is 57.3 Å². The molecule has 182 valence electrons. The van der Waals surface area contributed by atoms with Gasteiger partial charge in [-0.2, -0.15) is 0 Å². The normalized spacial score (nSPS) is 13.8. The van der Waals surface area contributed by atoms with Crippen LogP contribution < -0.4 is 10.2 Å². The van der Waals surface area contributed by atoms with Gasteiger partial charge in [-0.15, -0.1) is 0 Å². The van der Waals surface area contributed by atoms with Crippen LogP contribution in [0, 0.1) is 0 Å². The molecule has 6 nitrogen and oxygen atoms in total. The molecule has 0 spiro atoms. The van der Waals surface area contributed by atoms with Crippen molar-refractivity contribution in [1.82, 2.24) is 10.2 Å². The highest BCUT2D eigenvalue weighted by Gasteiger charge is 2.35. The fourth-order valence-electron chi connectivity index (χ4n) is 4.27. The first kappa shape index (κ1) is 25.0. The van der Waals surface area contributed by atoms with Crippen molar-refractivity contribution in [3.63, 3.8) is 0 Å². The fraction of sp³-hybridized carbons (Fsp3) is 0.296. The zero-order chi connectivity index (χ0) is 25.5. The van der Waals surface area contributed by atoms with Crippen LogP contribution in [0.15, 0.2) is 54.6 Å². The number of carbonyl (C=O) groups is 3. The highest BCUT2D eigenvalue weighted by Crippen LogP contribution is 2.37. The molecule has 1 atom stereocenters. The van der Waals surface area contributed by atoms with Crippen LogP contribution in [0.2, 0.25) is 10.0 Å². The van der Waals surface area contributed by atoms with Gasteiger partial charge in [0.1, 0.15) is 12.6 Å². The van der Waals surface area contributed by atoms with E-state index in [2.05, 4.69) is 5.32 Å². The van der Waals surface area contributed by atoms with E-state index in [-0.39, 0.29) is 24.9 Å². The maximum Gasteiger partial charge on any atom is 0.259 e. The smallest absolute Gasteiger partial charge is 0.259 e. The Labute approximate surface area is 214 Å². The summed E-state index contributed by atoms with van der Waals surface area (Å²) in [5.74, 6) is -0.949. The molecule has 0 radical (unpaired) electrons. The van der Waals surface area contributed by atoms with E-state index in [1.807, 2.05) is 51.1 Å². The van der Waals surface area contributed by atoms with Crippen molar-refractivity contribution in [2.75, 3.05) is 11.4 Å². The number of nitrogens with one attached hydrogen (secondary N) is 1. The lowest BCUT2D eigenvalue weighted by molar-refractivity contribution is -0.140. The quantitative estimate of drug-likeness (QED) is 0.479. The van der Waals surface area contributed by atoms with Crippen molar-refractivity contribution in [2.24, 2.45) is 0 Å². The molecule has 3 aromatic carbocycles. The third-order valence-electron chi connectivity index (χ3n) is 6.00. The Bertz CT molecular complexity index is 1310. The lowest BCUT2D eigenvalue weighted by atomic mass is 10.1. The Hall–Kier alpha value is -3.09. The monoisotopic (exact) mass is 511 g/mol. The highest BCUT2D eigenvalue weighted by atomic mass is 35.5. The van der Waals surface area contributed by atoms with E-state index < -0.39 is 17.5 Å². The van der Waals surface area contributed by atoms with Gasteiger partial charge in [0, 0.05) is 38.6 Å². The molecule has 0 saturated heterocycles. The summed E-state index contributed by atoms with van der Waals surface area (Å²) in [7, 11) is 0. The minimum Gasteiger partial charge on any atom is -0.350 e. The van der Waals surface area contributed by atoms with Crippen LogP contribution in [-0.4, -0.2) is 40.7 Å². The van der Waals surface area contributed by atoms with Crippen LogP contribution >= 0.6 is 23.2 Å². The predicted octanol–water partition coefficient (Wildman–Crippen LogP) is 5.44. The minimum atomic E-state index is -0.829. The largest absolute Gasteiger partial charge is 0.350 e. The van der Waals surface area contributed by atoms with E-state index in [0.29, 0.717) is 26.9 Å². The average Bonchev–Trinajstić information content (AvgIpc) is 3.05. The summed E-state index contributed by atoms with van der Waals surface area (Å²) in [5.41, 5.74) is 1.30. The molecule has 1 aliphatic rings. The van der Waals surface area contributed by atoms with Crippen molar-refractivity contribution >= 4 is 57.4 Å². The molecular weight excluding hydrogens is 485 g/mol. The average molecular weight is 512 g/mol. The molecule has 3 amide bonds. The number of hydrogen-bond donors (Lipinski definition) is 1. The number of benzene rings is 3. The van der Waals surface area contributed by atoms with Crippen LogP contribution in [0.4, 0.5) is 5.69 Å². The number of halogens is 2. The van der Waals surface area contributed by atoms with Gasteiger partial charge in [-0.3, -0.25) is 19.3 Å². The lowest BCUT2D eigenvalue weighted by Gasteiger charge is -2.33.